The van der Waals surface area contributed by atoms with E-state index in [2.05, 4.69) is 13.8 Å². The van der Waals surface area contributed by atoms with Crippen LogP contribution in [0.4, 0.5) is 0 Å². The maximum atomic E-state index is 12.3. The van der Waals surface area contributed by atoms with Gasteiger partial charge in [0, 0.05) is 12.8 Å². The van der Waals surface area contributed by atoms with E-state index >= 15 is 0 Å². The zero-order valence-electron chi connectivity index (χ0n) is 43.1. The third-order valence-corrected chi connectivity index (χ3v) is 13.7. The lowest BCUT2D eigenvalue weighted by Crippen LogP contribution is -2.28. The van der Waals surface area contributed by atoms with Crippen LogP contribution in [0, 0.1) is 0 Å². The first-order chi connectivity index (χ1) is 31.1. The molecule has 0 saturated carbocycles. The van der Waals surface area contributed by atoms with Crippen LogP contribution in [-0.4, -0.2) is 36.4 Å². The SMILES string of the molecule is CCCCCCCCCCCCCCCCCCCCCCCCCCCCCCCC(=O)OC(CO)COC(=O)CCCCCCCCCCCCCCCCCCCCCC. The van der Waals surface area contributed by atoms with E-state index in [1.54, 1.807) is 0 Å². The largest absolute Gasteiger partial charge is 0.462 e. The molecule has 1 unspecified atom stereocenters. The Hall–Kier alpha value is -1.10. The third kappa shape index (κ3) is 53.4. The molecule has 0 aromatic heterocycles. The van der Waals surface area contributed by atoms with Crippen molar-refractivity contribution in [1.29, 1.82) is 0 Å². The number of rotatable bonds is 55. The molecule has 5 heteroatoms. The molecule has 0 aliphatic heterocycles. The summed E-state index contributed by atoms with van der Waals surface area (Å²) in [6, 6.07) is 0. The highest BCUT2D eigenvalue weighted by molar-refractivity contribution is 5.70. The van der Waals surface area contributed by atoms with Crippen molar-refractivity contribution < 1.29 is 24.2 Å². The van der Waals surface area contributed by atoms with Crippen molar-refractivity contribution >= 4 is 11.9 Å². The third-order valence-electron chi connectivity index (χ3n) is 13.7. The lowest BCUT2D eigenvalue weighted by Gasteiger charge is -2.15. The van der Waals surface area contributed by atoms with Gasteiger partial charge in [-0.15, -0.1) is 0 Å². The first-order valence-electron chi connectivity index (χ1n) is 29.1. The Morgan fingerprint density at radius 2 is 0.492 bits per heavy atom. The maximum absolute atomic E-state index is 12.3. The smallest absolute Gasteiger partial charge is 0.306 e. The fourth-order valence-corrected chi connectivity index (χ4v) is 9.27. The van der Waals surface area contributed by atoms with Gasteiger partial charge in [-0.2, -0.15) is 0 Å². The van der Waals surface area contributed by atoms with Gasteiger partial charge in [-0.05, 0) is 12.8 Å². The molecule has 1 N–H and O–H groups in total. The van der Waals surface area contributed by atoms with Crippen molar-refractivity contribution in [3.63, 3.8) is 0 Å². The average molecular weight is 892 g/mol. The van der Waals surface area contributed by atoms with Crippen LogP contribution in [0.25, 0.3) is 0 Å². The first-order valence-corrected chi connectivity index (χ1v) is 29.1. The quantitative estimate of drug-likeness (QED) is 0.0486. The number of aliphatic hydroxyl groups is 1. The predicted molar refractivity (Wildman–Crippen MR) is 275 cm³/mol. The van der Waals surface area contributed by atoms with E-state index in [0.29, 0.717) is 12.8 Å². The van der Waals surface area contributed by atoms with E-state index in [1.807, 2.05) is 0 Å². The van der Waals surface area contributed by atoms with Gasteiger partial charge in [-0.3, -0.25) is 9.59 Å². The summed E-state index contributed by atoms with van der Waals surface area (Å²) in [4.78, 5) is 24.5. The van der Waals surface area contributed by atoms with E-state index in [-0.39, 0.29) is 25.2 Å². The average Bonchev–Trinajstić information content (AvgIpc) is 3.29. The van der Waals surface area contributed by atoms with E-state index in [4.69, 9.17) is 9.47 Å². The second-order valence-electron chi connectivity index (χ2n) is 20.1. The predicted octanol–water partition coefficient (Wildman–Crippen LogP) is 19.4. The molecule has 376 valence electrons. The molecule has 5 nitrogen and oxygen atoms in total. The zero-order valence-corrected chi connectivity index (χ0v) is 43.1. The summed E-state index contributed by atoms with van der Waals surface area (Å²) >= 11 is 0. The lowest BCUT2D eigenvalue weighted by atomic mass is 10.0. The van der Waals surface area contributed by atoms with Crippen molar-refractivity contribution in [2.24, 2.45) is 0 Å². The zero-order chi connectivity index (χ0) is 45.6. The van der Waals surface area contributed by atoms with Gasteiger partial charge in [0.2, 0.25) is 0 Å². The summed E-state index contributed by atoms with van der Waals surface area (Å²) in [7, 11) is 0. The van der Waals surface area contributed by atoms with Crippen molar-refractivity contribution in [1.82, 2.24) is 0 Å². The fraction of sp³-hybridized carbons (Fsp3) is 0.966. The van der Waals surface area contributed by atoms with Crippen LogP contribution < -0.4 is 0 Å². The number of hydrogen-bond acceptors (Lipinski definition) is 5. The fourth-order valence-electron chi connectivity index (χ4n) is 9.27. The summed E-state index contributed by atoms with van der Waals surface area (Å²) in [5.41, 5.74) is 0. The Labute approximate surface area is 395 Å². The molecule has 0 aliphatic carbocycles. The Kier molecular flexibility index (Phi) is 54.3. The minimum Gasteiger partial charge on any atom is -0.462 e. The molecule has 0 spiro atoms. The molecule has 0 bridgehead atoms. The highest BCUT2D eigenvalue weighted by Gasteiger charge is 2.16. The normalized spacial score (nSPS) is 12.0. The Morgan fingerprint density at radius 1 is 0.302 bits per heavy atom. The molecule has 63 heavy (non-hydrogen) atoms. The molecule has 0 aliphatic rings. The van der Waals surface area contributed by atoms with Gasteiger partial charge in [-0.1, -0.05) is 316 Å². The first kappa shape index (κ1) is 61.9. The summed E-state index contributed by atoms with van der Waals surface area (Å²) in [5.74, 6) is -0.563. The molecule has 0 aromatic rings. The number of unbranched alkanes of at least 4 members (excludes halogenated alkanes) is 47. The van der Waals surface area contributed by atoms with Crippen molar-refractivity contribution in [2.75, 3.05) is 13.2 Å². The summed E-state index contributed by atoms with van der Waals surface area (Å²) < 4.78 is 10.7. The number of carbonyl (C=O) groups is 2. The highest BCUT2D eigenvalue weighted by atomic mass is 16.6. The second kappa shape index (κ2) is 55.2. The molecule has 0 rings (SSSR count). The van der Waals surface area contributed by atoms with E-state index in [0.717, 1.165) is 32.1 Å². The van der Waals surface area contributed by atoms with Crippen LogP contribution in [0.5, 0.6) is 0 Å². The maximum Gasteiger partial charge on any atom is 0.306 e. The molecule has 0 aromatic carbocycles. The monoisotopic (exact) mass is 891 g/mol. The van der Waals surface area contributed by atoms with Gasteiger partial charge in [-0.25, -0.2) is 0 Å². The summed E-state index contributed by atoms with van der Waals surface area (Å²) in [6.07, 6.45) is 66.6. The van der Waals surface area contributed by atoms with E-state index in [1.165, 1.54) is 283 Å². The number of esters is 2. The molecule has 0 amide bonds. The van der Waals surface area contributed by atoms with Crippen LogP contribution >= 0.6 is 0 Å². The van der Waals surface area contributed by atoms with E-state index in [9.17, 15) is 14.7 Å². The van der Waals surface area contributed by atoms with Crippen LogP contribution in [-0.2, 0) is 19.1 Å². The minimum atomic E-state index is -0.764. The minimum absolute atomic E-state index is 0.0557. The molecule has 0 heterocycles. The Balaban J connectivity index is 3.38. The van der Waals surface area contributed by atoms with Crippen LogP contribution in [0.2, 0.25) is 0 Å². The van der Waals surface area contributed by atoms with Gasteiger partial charge in [0.05, 0.1) is 6.61 Å². The van der Waals surface area contributed by atoms with Gasteiger partial charge < -0.3 is 14.6 Å². The Morgan fingerprint density at radius 3 is 0.698 bits per heavy atom. The number of hydrogen-bond donors (Lipinski definition) is 1. The van der Waals surface area contributed by atoms with Crippen LogP contribution in [0.1, 0.15) is 341 Å². The number of carbonyl (C=O) groups excluding carboxylic acids is 2. The second-order valence-corrected chi connectivity index (χ2v) is 20.1. The topological polar surface area (TPSA) is 72.8 Å². The highest BCUT2D eigenvalue weighted by Crippen LogP contribution is 2.18. The van der Waals surface area contributed by atoms with Gasteiger partial charge in [0.15, 0.2) is 6.10 Å². The Bertz CT molecular complexity index is 875. The van der Waals surface area contributed by atoms with Crippen LogP contribution in [0.15, 0.2) is 0 Å². The lowest BCUT2D eigenvalue weighted by molar-refractivity contribution is -0.161. The molecule has 0 saturated heterocycles. The molecular formula is C58H114O5. The summed E-state index contributed by atoms with van der Waals surface area (Å²) in [5, 5.41) is 9.65. The molecule has 0 radical (unpaired) electrons. The summed E-state index contributed by atoms with van der Waals surface area (Å²) in [6.45, 7) is 4.21. The van der Waals surface area contributed by atoms with Crippen molar-refractivity contribution in [3.8, 4) is 0 Å². The van der Waals surface area contributed by atoms with Crippen molar-refractivity contribution in [3.05, 3.63) is 0 Å². The molecule has 1 atom stereocenters. The van der Waals surface area contributed by atoms with E-state index < -0.39 is 6.10 Å². The van der Waals surface area contributed by atoms with Gasteiger partial charge in [0.1, 0.15) is 6.61 Å². The molecule has 0 fully saturated rings. The number of ether oxygens (including phenoxy) is 2. The van der Waals surface area contributed by atoms with Gasteiger partial charge in [0.25, 0.3) is 0 Å². The van der Waals surface area contributed by atoms with Crippen molar-refractivity contribution in [2.45, 2.75) is 347 Å². The van der Waals surface area contributed by atoms with Crippen LogP contribution in [0.3, 0.4) is 0 Å². The standard InChI is InChI=1S/C58H114O5/c1-3-5-7-9-11-13-15-17-19-21-23-25-26-27-28-29-30-31-32-33-35-37-39-41-43-45-47-49-51-53-58(61)63-56(54-59)55-62-57(60)52-50-48-46-44-42-40-38-36-34-24-22-20-18-16-14-12-10-8-6-4-2/h56,59H,3-55H2,1-2H3. The van der Waals surface area contributed by atoms with Gasteiger partial charge >= 0.3 is 11.9 Å². The molecular weight excluding hydrogens is 777 g/mol. The number of aliphatic hydroxyl groups excluding tert-OH is 1.